The summed E-state index contributed by atoms with van der Waals surface area (Å²) in [5, 5.41) is 2.94. The molecule has 1 aliphatic rings. The zero-order valence-electron chi connectivity index (χ0n) is 20.2. The first-order chi connectivity index (χ1) is 16.7. The van der Waals surface area contributed by atoms with Crippen molar-refractivity contribution in [1.82, 2.24) is 19.5 Å². The van der Waals surface area contributed by atoms with Gasteiger partial charge in [-0.15, -0.1) is 0 Å². The highest BCUT2D eigenvalue weighted by Crippen LogP contribution is 2.29. The molecule has 0 spiro atoms. The summed E-state index contributed by atoms with van der Waals surface area (Å²) in [6.45, 7) is 1.72. The lowest BCUT2D eigenvalue weighted by atomic mass is 10.0. The Bertz CT molecular complexity index is 1040. The van der Waals surface area contributed by atoms with Gasteiger partial charge in [-0.1, -0.05) is 12.1 Å². The van der Waals surface area contributed by atoms with Crippen LogP contribution in [0.1, 0.15) is 44.6 Å². The molecule has 190 valence electrons. The number of amides is 3. The summed E-state index contributed by atoms with van der Waals surface area (Å²) in [4.78, 5) is 42.3. The number of likely N-dealkylation sites (N-methyl/N-ethyl adjacent to an activating group) is 1. The maximum absolute atomic E-state index is 13.7. The number of carbonyl (C=O) groups is 3. The van der Waals surface area contributed by atoms with Crippen molar-refractivity contribution < 1.29 is 23.9 Å². The number of rotatable bonds is 11. The van der Waals surface area contributed by atoms with Crippen molar-refractivity contribution in [3.8, 4) is 5.75 Å². The van der Waals surface area contributed by atoms with Crippen LogP contribution in [-0.4, -0.2) is 85.4 Å². The Balaban J connectivity index is 1.99. The molecule has 1 aromatic heterocycles. The summed E-state index contributed by atoms with van der Waals surface area (Å²) in [6.07, 6.45) is 1.75. The van der Waals surface area contributed by atoms with Crippen LogP contribution in [0.15, 0.2) is 24.3 Å². The summed E-state index contributed by atoms with van der Waals surface area (Å²) >= 11 is 0.787. The minimum absolute atomic E-state index is 0.0583. The number of benzene rings is 1. The van der Waals surface area contributed by atoms with Crippen LogP contribution in [0.5, 0.6) is 5.75 Å². The highest BCUT2D eigenvalue weighted by Gasteiger charge is 2.35. The fourth-order valence-electron chi connectivity index (χ4n) is 3.79. The van der Waals surface area contributed by atoms with E-state index in [0.717, 1.165) is 24.4 Å². The maximum Gasteiger partial charge on any atom is 0.270 e. The van der Waals surface area contributed by atoms with Gasteiger partial charge in [0.05, 0.1) is 18.9 Å². The van der Waals surface area contributed by atoms with Crippen molar-refractivity contribution >= 4 is 34.9 Å². The number of nitrogens with zero attached hydrogens (tertiary/aromatic N) is 3. The third-order valence-electron chi connectivity index (χ3n) is 5.72. The van der Waals surface area contributed by atoms with E-state index in [1.165, 1.54) is 4.90 Å². The monoisotopic (exact) mass is 504 g/mol. The second-order valence-electron chi connectivity index (χ2n) is 8.50. The normalized spacial score (nSPS) is 16.2. The first-order valence-corrected chi connectivity index (χ1v) is 12.0. The molecule has 0 saturated carbocycles. The third kappa shape index (κ3) is 6.47. The predicted molar refractivity (Wildman–Crippen MR) is 132 cm³/mol. The van der Waals surface area contributed by atoms with Crippen LogP contribution >= 0.6 is 11.5 Å². The highest BCUT2D eigenvalue weighted by atomic mass is 32.1. The number of nitrogens with one attached hydrogen (secondary N) is 1. The molecule has 1 aliphatic heterocycles. The average molecular weight is 505 g/mol. The summed E-state index contributed by atoms with van der Waals surface area (Å²) in [6, 6.07) is 5.99. The van der Waals surface area contributed by atoms with Gasteiger partial charge >= 0.3 is 0 Å². The molecule has 35 heavy (non-hydrogen) atoms. The lowest BCUT2D eigenvalue weighted by Crippen LogP contribution is -2.47. The Morgan fingerprint density at radius 3 is 2.51 bits per heavy atom. The van der Waals surface area contributed by atoms with E-state index in [0.29, 0.717) is 31.0 Å². The molecule has 0 radical (unpaired) electrons. The number of nitrogens with two attached hydrogens (primary N) is 2. The SMILES string of the molecule is COc1ccc(C(C(=O)NCC2CCCO2)N(CCN(C)C)C(=O)c2snc(C(N)=O)c2N)cc1. The maximum atomic E-state index is 13.7. The van der Waals surface area contributed by atoms with Crippen molar-refractivity contribution in [2.45, 2.75) is 25.0 Å². The molecule has 0 aliphatic carbocycles. The first-order valence-electron chi connectivity index (χ1n) is 11.3. The Labute approximate surface area is 208 Å². The van der Waals surface area contributed by atoms with Gasteiger partial charge in [0.1, 0.15) is 16.7 Å². The van der Waals surface area contributed by atoms with Gasteiger partial charge in [-0.25, -0.2) is 0 Å². The number of ether oxygens (including phenoxy) is 2. The Kier molecular flexibility index (Phi) is 9.01. The van der Waals surface area contributed by atoms with Crippen LogP contribution in [-0.2, 0) is 9.53 Å². The van der Waals surface area contributed by atoms with Crippen molar-refractivity contribution in [2.75, 3.05) is 53.2 Å². The fourth-order valence-corrected chi connectivity index (χ4v) is 4.55. The Hall–Kier alpha value is -3.22. The highest BCUT2D eigenvalue weighted by molar-refractivity contribution is 7.09. The predicted octanol–water partition coefficient (Wildman–Crippen LogP) is 0.873. The van der Waals surface area contributed by atoms with E-state index < -0.39 is 17.9 Å². The number of methoxy groups -OCH3 is 1. The van der Waals surface area contributed by atoms with Gasteiger partial charge in [0.25, 0.3) is 11.8 Å². The van der Waals surface area contributed by atoms with Gasteiger partial charge in [-0.2, -0.15) is 4.37 Å². The molecule has 3 rings (SSSR count). The van der Waals surface area contributed by atoms with Gasteiger partial charge in [0.2, 0.25) is 5.91 Å². The molecule has 2 heterocycles. The number of hydrogen-bond donors (Lipinski definition) is 3. The van der Waals surface area contributed by atoms with Crippen LogP contribution in [0.2, 0.25) is 0 Å². The molecule has 1 saturated heterocycles. The van der Waals surface area contributed by atoms with E-state index in [1.807, 2.05) is 19.0 Å². The molecule has 2 atom stereocenters. The third-order valence-corrected chi connectivity index (χ3v) is 6.58. The van der Waals surface area contributed by atoms with Gasteiger partial charge in [0, 0.05) is 26.2 Å². The van der Waals surface area contributed by atoms with E-state index in [9.17, 15) is 14.4 Å². The lowest BCUT2D eigenvalue weighted by Gasteiger charge is -2.32. The molecule has 5 N–H and O–H groups in total. The van der Waals surface area contributed by atoms with Crippen LogP contribution in [0.25, 0.3) is 0 Å². The average Bonchev–Trinajstić information content (AvgIpc) is 3.49. The van der Waals surface area contributed by atoms with Crippen molar-refractivity contribution in [3.05, 3.63) is 40.4 Å². The quantitative estimate of drug-likeness (QED) is 0.407. The molecule has 2 aromatic rings. The molecule has 2 unspecified atom stereocenters. The molecule has 3 amide bonds. The zero-order valence-corrected chi connectivity index (χ0v) is 21.0. The molecule has 11 nitrogen and oxygen atoms in total. The smallest absolute Gasteiger partial charge is 0.270 e. The summed E-state index contributed by atoms with van der Waals surface area (Å²) < 4.78 is 14.8. The number of nitrogen functional groups attached to an aromatic ring is 1. The summed E-state index contributed by atoms with van der Waals surface area (Å²) in [5.74, 6) is -1.06. The lowest BCUT2D eigenvalue weighted by molar-refractivity contribution is -0.126. The Morgan fingerprint density at radius 1 is 1.26 bits per heavy atom. The molecule has 0 bridgehead atoms. The molecule has 1 aromatic carbocycles. The fraction of sp³-hybridized carbons (Fsp3) is 0.478. The largest absolute Gasteiger partial charge is 0.497 e. The van der Waals surface area contributed by atoms with E-state index >= 15 is 0 Å². The first kappa shape index (κ1) is 26.4. The number of hydrogen-bond acceptors (Lipinski definition) is 9. The molecular weight excluding hydrogens is 472 g/mol. The van der Waals surface area contributed by atoms with Crippen LogP contribution in [0, 0.1) is 0 Å². The number of anilines is 1. The van der Waals surface area contributed by atoms with Gasteiger partial charge < -0.3 is 36.1 Å². The van der Waals surface area contributed by atoms with E-state index in [2.05, 4.69) is 9.69 Å². The van der Waals surface area contributed by atoms with Crippen LogP contribution in [0.4, 0.5) is 5.69 Å². The van der Waals surface area contributed by atoms with Gasteiger partial charge in [-0.05, 0) is 56.2 Å². The number of aromatic nitrogens is 1. The zero-order chi connectivity index (χ0) is 25.5. The number of primary amides is 1. The van der Waals surface area contributed by atoms with Crippen molar-refractivity contribution in [3.63, 3.8) is 0 Å². The number of carbonyl (C=O) groups excluding carboxylic acids is 3. The minimum Gasteiger partial charge on any atom is -0.497 e. The van der Waals surface area contributed by atoms with Crippen molar-refractivity contribution in [1.29, 1.82) is 0 Å². The molecule has 12 heteroatoms. The van der Waals surface area contributed by atoms with E-state index in [4.69, 9.17) is 20.9 Å². The second-order valence-corrected chi connectivity index (χ2v) is 9.27. The Morgan fingerprint density at radius 2 is 1.97 bits per heavy atom. The van der Waals surface area contributed by atoms with Crippen LogP contribution < -0.4 is 21.5 Å². The summed E-state index contributed by atoms with van der Waals surface area (Å²) in [7, 11) is 5.29. The van der Waals surface area contributed by atoms with Crippen LogP contribution in [0.3, 0.4) is 0 Å². The van der Waals surface area contributed by atoms with E-state index in [1.54, 1.807) is 31.4 Å². The van der Waals surface area contributed by atoms with Crippen molar-refractivity contribution in [2.24, 2.45) is 5.73 Å². The van der Waals surface area contributed by atoms with Gasteiger partial charge in [0.15, 0.2) is 5.69 Å². The summed E-state index contributed by atoms with van der Waals surface area (Å²) in [5.41, 5.74) is 11.7. The minimum atomic E-state index is -0.965. The second kappa shape index (κ2) is 12.0. The standard InChI is InChI=1S/C23H32N6O5S/c1-28(2)10-11-29(23(32)20-17(24)18(21(25)30)27-35-20)19(14-6-8-15(33-3)9-7-14)22(31)26-13-16-5-4-12-34-16/h6-9,16,19H,4-5,10-13,24H2,1-3H3,(H2,25,30)(H,26,31). The molecular formula is C23H32N6O5S. The van der Waals surface area contributed by atoms with Gasteiger partial charge in [-0.3, -0.25) is 14.4 Å². The molecule has 1 fully saturated rings. The van der Waals surface area contributed by atoms with E-state index in [-0.39, 0.29) is 34.8 Å². The topological polar surface area (TPSA) is 153 Å².